The number of aromatic nitrogens is 2. The zero-order chi connectivity index (χ0) is 15.4. The van der Waals surface area contributed by atoms with Gasteiger partial charge in [-0.3, -0.25) is 0 Å². The van der Waals surface area contributed by atoms with Crippen molar-refractivity contribution in [1.82, 2.24) is 9.97 Å². The molecule has 114 valence electrons. The molecule has 0 unspecified atom stereocenters. The minimum atomic E-state index is -1.06. The van der Waals surface area contributed by atoms with E-state index in [-0.39, 0.29) is 24.1 Å². The smallest absolute Gasteiger partial charge is 0.222 e. The summed E-state index contributed by atoms with van der Waals surface area (Å²) in [5.74, 6) is -1.90. The Hall–Kier alpha value is -2.02. The molecular weight excluding hydrogens is 278 g/mol. The molecule has 0 radical (unpaired) electrons. The number of aliphatic hydroxyl groups excluding tert-OH is 1. The van der Waals surface area contributed by atoms with Gasteiger partial charge in [0.15, 0.2) is 11.6 Å². The second kappa shape index (κ2) is 6.62. The Morgan fingerprint density at radius 2 is 2.10 bits per heavy atom. The summed E-state index contributed by atoms with van der Waals surface area (Å²) < 4.78 is 27.1. The lowest BCUT2D eigenvalue weighted by Gasteiger charge is -2.18. The molecule has 0 bridgehead atoms. The molecule has 0 saturated heterocycles. The molecular formula is C14H18F2N4O. The van der Waals surface area contributed by atoms with Crippen LogP contribution >= 0.6 is 0 Å². The number of hydrogen-bond acceptors (Lipinski definition) is 5. The number of aliphatic hydroxyl groups is 1. The van der Waals surface area contributed by atoms with Gasteiger partial charge in [0.05, 0.1) is 12.6 Å². The summed E-state index contributed by atoms with van der Waals surface area (Å²) in [4.78, 5) is 7.76. The lowest BCUT2D eigenvalue weighted by atomic mass is 10.1. The second-order valence-electron chi connectivity index (χ2n) is 4.85. The fourth-order valence-electron chi connectivity index (χ4n) is 2.12. The molecule has 0 aliphatic rings. The molecule has 0 aliphatic heterocycles. The highest BCUT2D eigenvalue weighted by molar-refractivity contribution is 5.90. The first-order valence-electron chi connectivity index (χ1n) is 6.85. The number of nitrogens with two attached hydrogens (primary N) is 1. The van der Waals surface area contributed by atoms with Crippen LogP contribution in [0.2, 0.25) is 0 Å². The van der Waals surface area contributed by atoms with Gasteiger partial charge in [-0.15, -0.1) is 0 Å². The molecule has 1 aromatic heterocycles. The molecule has 0 fully saturated rings. The van der Waals surface area contributed by atoms with E-state index in [0.717, 1.165) is 25.3 Å². The van der Waals surface area contributed by atoms with Gasteiger partial charge in [-0.05, 0) is 18.6 Å². The van der Waals surface area contributed by atoms with Gasteiger partial charge in [0, 0.05) is 5.39 Å². The third-order valence-corrected chi connectivity index (χ3v) is 3.24. The third-order valence-electron chi connectivity index (χ3n) is 3.24. The molecule has 2 rings (SSSR count). The highest BCUT2D eigenvalue weighted by Gasteiger charge is 2.16. The maximum absolute atomic E-state index is 13.8. The molecule has 4 N–H and O–H groups in total. The number of benzene rings is 1. The maximum Gasteiger partial charge on any atom is 0.222 e. The van der Waals surface area contributed by atoms with Crippen molar-refractivity contribution in [2.45, 2.75) is 32.2 Å². The Bertz CT molecular complexity index is 636. The lowest BCUT2D eigenvalue weighted by molar-refractivity contribution is 0.267. The standard InChI is InChI=1S/C14H18F2N4O/c1-2-3-4-8(7-21)18-13-9-5-6-10(15)11(16)12(9)19-14(17)20-13/h5-6,8,21H,2-4,7H2,1H3,(H3,17,18,19,20)/t8-/m1/s1. The number of halogens is 2. The quantitative estimate of drug-likeness (QED) is 0.762. The number of nitrogens with zero attached hydrogens (tertiary/aromatic N) is 2. The molecule has 0 spiro atoms. The number of fused-ring (bicyclic) bond motifs is 1. The average molecular weight is 296 g/mol. The third kappa shape index (κ3) is 3.36. The van der Waals surface area contributed by atoms with E-state index < -0.39 is 11.6 Å². The van der Waals surface area contributed by atoms with Gasteiger partial charge in [0.1, 0.15) is 11.3 Å². The Kier molecular flexibility index (Phi) is 4.85. The summed E-state index contributed by atoms with van der Waals surface area (Å²) in [6.07, 6.45) is 2.66. The predicted octanol–water partition coefficient (Wildman–Crippen LogP) is 2.45. The van der Waals surface area contributed by atoms with Gasteiger partial charge in [-0.2, -0.15) is 4.98 Å². The van der Waals surface area contributed by atoms with Crippen molar-refractivity contribution < 1.29 is 13.9 Å². The minimum absolute atomic E-state index is 0.0882. The van der Waals surface area contributed by atoms with E-state index in [0.29, 0.717) is 11.2 Å². The van der Waals surface area contributed by atoms with Crippen LogP contribution in [0.3, 0.4) is 0 Å². The van der Waals surface area contributed by atoms with Crippen LogP contribution in [0, 0.1) is 11.6 Å². The van der Waals surface area contributed by atoms with E-state index in [9.17, 15) is 13.9 Å². The van der Waals surface area contributed by atoms with E-state index in [2.05, 4.69) is 15.3 Å². The molecule has 0 saturated carbocycles. The van der Waals surface area contributed by atoms with Gasteiger partial charge in [-0.1, -0.05) is 19.8 Å². The van der Waals surface area contributed by atoms with E-state index in [1.54, 1.807) is 0 Å². The van der Waals surface area contributed by atoms with Crippen molar-refractivity contribution in [3.8, 4) is 0 Å². The molecule has 1 heterocycles. The zero-order valence-corrected chi connectivity index (χ0v) is 11.7. The summed E-state index contributed by atoms with van der Waals surface area (Å²) in [6.45, 7) is 1.96. The first-order chi connectivity index (χ1) is 10.1. The average Bonchev–Trinajstić information content (AvgIpc) is 2.47. The Labute approximate surface area is 121 Å². The molecule has 1 atom stereocenters. The summed E-state index contributed by atoms with van der Waals surface area (Å²) in [5, 5.41) is 12.7. The number of anilines is 2. The lowest BCUT2D eigenvalue weighted by Crippen LogP contribution is -2.24. The molecule has 1 aromatic carbocycles. The number of hydrogen-bond donors (Lipinski definition) is 3. The van der Waals surface area contributed by atoms with Gasteiger partial charge in [0.25, 0.3) is 0 Å². The van der Waals surface area contributed by atoms with E-state index in [1.165, 1.54) is 6.07 Å². The maximum atomic E-state index is 13.8. The van der Waals surface area contributed by atoms with Gasteiger partial charge in [-0.25, -0.2) is 13.8 Å². The predicted molar refractivity (Wildman–Crippen MR) is 77.9 cm³/mol. The van der Waals surface area contributed by atoms with Gasteiger partial charge < -0.3 is 16.2 Å². The molecule has 0 aliphatic carbocycles. The van der Waals surface area contributed by atoms with Crippen LogP contribution in [0.1, 0.15) is 26.2 Å². The number of unbranched alkanes of at least 4 members (excludes halogenated alkanes) is 1. The van der Waals surface area contributed by atoms with Crippen molar-refractivity contribution in [2.75, 3.05) is 17.7 Å². The fraction of sp³-hybridized carbons (Fsp3) is 0.429. The largest absolute Gasteiger partial charge is 0.394 e. The molecule has 0 amide bonds. The summed E-state index contributed by atoms with van der Waals surface area (Å²) >= 11 is 0. The molecule has 5 nitrogen and oxygen atoms in total. The first-order valence-corrected chi connectivity index (χ1v) is 6.85. The summed E-state index contributed by atoms with van der Waals surface area (Å²) in [6, 6.07) is 2.18. The molecule has 21 heavy (non-hydrogen) atoms. The fourth-order valence-corrected chi connectivity index (χ4v) is 2.12. The summed E-state index contributed by atoms with van der Waals surface area (Å²) in [5.41, 5.74) is 5.38. The van der Waals surface area contributed by atoms with Crippen molar-refractivity contribution in [1.29, 1.82) is 0 Å². The van der Waals surface area contributed by atoms with Crippen LogP contribution in [-0.4, -0.2) is 27.7 Å². The highest BCUT2D eigenvalue weighted by atomic mass is 19.2. The Balaban J connectivity index is 2.41. The highest BCUT2D eigenvalue weighted by Crippen LogP contribution is 2.26. The van der Waals surface area contributed by atoms with Gasteiger partial charge >= 0.3 is 0 Å². The van der Waals surface area contributed by atoms with Crippen LogP contribution in [0.25, 0.3) is 10.9 Å². The van der Waals surface area contributed by atoms with Crippen LogP contribution in [0.15, 0.2) is 12.1 Å². The number of rotatable bonds is 6. The van der Waals surface area contributed by atoms with E-state index in [1.807, 2.05) is 6.92 Å². The van der Waals surface area contributed by atoms with Crippen LogP contribution in [0.5, 0.6) is 0 Å². The number of nitrogens with one attached hydrogen (secondary N) is 1. The van der Waals surface area contributed by atoms with Crippen molar-refractivity contribution in [2.24, 2.45) is 0 Å². The normalized spacial score (nSPS) is 12.6. The SMILES string of the molecule is CCCC[C@H](CO)Nc1nc(N)nc2c(F)c(F)ccc12. The molecule has 2 aromatic rings. The van der Waals surface area contributed by atoms with Crippen LogP contribution in [-0.2, 0) is 0 Å². The van der Waals surface area contributed by atoms with Crippen LogP contribution < -0.4 is 11.1 Å². The van der Waals surface area contributed by atoms with Crippen molar-refractivity contribution >= 4 is 22.7 Å². The monoisotopic (exact) mass is 296 g/mol. The zero-order valence-electron chi connectivity index (χ0n) is 11.7. The topological polar surface area (TPSA) is 84.1 Å². The van der Waals surface area contributed by atoms with E-state index in [4.69, 9.17) is 5.73 Å². The molecule has 7 heteroatoms. The minimum Gasteiger partial charge on any atom is -0.394 e. The van der Waals surface area contributed by atoms with E-state index >= 15 is 0 Å². The summed E-state index contributed by atoms with van der Waals surface area (Å²) in [7, 11) is 0. The Morgan fingerprint density at radius 1 is 1.33 bits per heavy atom. The number of nitrogen functional groups attached to an aromatic ring is 1. The van der Waals surface area contributed by atoms with Crippen molar-refractivity contribution in [3.05, 3.63) is 23.8 Å². The van der Waals surface area contributed by atoms with Gasteiger partial charge in [0.2, 0.25) is 5.95 Å². The van der Waals surface area contributed by atoms with Crippen LogP contribution in [0.4, 0.5) is 20.5 Å². The Morgan fingerprint density at radius 3 is 2.76 bits per heavy atom. The second-order valence-corrected chi connectivity index (χ2v) is 4.85. The van der Waals surface area contributed by atoms with Crippen molar-refractivity contribution in [3.63, 3.8) is 0 Å². The first kappa shape index (κ1) is 15.4.